The molecule has 4 aromatic rings. The van der Waals surface area contributed by atoms with Gasteiger partial charge in [0.25, 0.3) is 5.91 Å². The van der Waals surface area contributed by atoms with E-state index in [4.69, 9.17) is 16.0 Å². The summed E-state index contributed by atoms with van der Waals surface area (Å²) in [5.41, 5.74) is 1.60. The Morgan fingerprint density at radius 3 is 2.45 bits per heavy atom. The van der Waals surface area contributed by atoms with Gasteiger partial charge in [-0.05, 0) is 41.1 Å². The molecule has 5 rings (SSSR count). The van der Waals surface area contributed by atoms with Crippen molar-refractivity contribution in [2.75, 3.05) is 26.2 Å². The lowest BCUT2D eigenvalue weighted by atomic mass is 10.0. The van der Waals surface area contributed by atoms with E-state index >= 15 is 0 Å². The summed E-state index contributed by atoms with van der Waals surface area (Å²) >= 11 is 5.93. The highest BCUT2D eigenvalue weighted by Crippen LogP contribution is 2.22. The minimum atomic E-state index is 0.0827. The second-order valence-electron chi connectivity index (χ2n) is 7.60. The molecule has 0 unspecified atom stereocenters. The van der Waals surface area contributed by atoms with E-state index in [0.717, 1.165) is 35.0 Å². The zero-order valence-electron chi connectivity index (χ0n) is 16.9. The van der Waals surface area contributed by atoms with E-state index in [2.05, 4.69) is 15.1 Å². The molecule has 7 heteroatoms. The standard InChI is InChI=1S/C24H21ClN4O2/c25-19-10-8-18(9-11-19)23-27-26-22(31-23)16-28-12-14-29(15-13-28)24(30)21-7-3-5-17-4-1-2-6-20(17)21/h1-11H,12-16H2. The lowest BCUT2D eigenvalue weighted by Gasteiger charge is -2.34. The third-order valence-corrected chi connectivity index (χ3v) is 5.85. The Hall–Kier alpha value is -3.22. The Bertz CT molecular complexity index is 1210. The van der Waals surface area contributed by atoms with Gasteiger partial charge in [0.05, 0.1) is 6.54 Å². The largest absolute Gasteiger partial charge is 0.419 e. The van der Waals surface area contributed by atoms with Crippen LogP contribution in [0.1, 0.15) is 16.2 Å². The minimum absolute atomic E-state index is 0.0827. The summed E-state index contributed by atoms with van der Waals surface area (Å²) in [6.07, 6.45) is 0. The number of benzene rings is 3. The maximum absolute atomic E-state index is 13.1. The van der Waals surface area contributed by atoms with Crippen molar-refractivity contribution in [3.05, 3.63) is 83.2 Å². The maximum Gasteiger partial charge on any atom is 0.254 e. The molecule has 1 aliphatic heterocycles. The number of carbonyl (C=O) groups is 1. The number of hydrogen-bond acceptors (Lipinski definition) is 5. The van der Waals surface area contributed by atoms with Crippen LogP contribution >= 0.6 is 11.6 Å². The third kappa shape index (κ3) is 4.17. The summed E-state index contributed by atoms with van der Waals surface area (Å²) in [5, 5.41) is 11.1. The van der Waals surface area contributed by atoms with Crippen LogP contribution in [-0.4, -0.2) is 52.1 Å². The molecule has 0 aliphatic carbocycles. The number of halogens is 1. The van der Waals surface area contributed by atoms with Crippen LogP contribution in [0.2, 0.25) is 5.02 Å². The number of piperazine rings is 1. The van der Waals surface area contributed by atoms with Gasteiger partial charge in [-0.3, -0.25) is 9.69 Å². The van der Waals surface area contributed by atoms with Crippen LogP contribution in [-0.2, 0) is 6.54 Å². The van der Waals surface area contributed by atoms with Crippen molar-refractivity contribution in [2.45, 2.75) is 6.54 Å². The Labute approximate surface area is 185 Å². The van der Waals surface area contributed by atoms with Crippen molar-refractivity contribution >= 4 is 28.3 Å². The van der Waals surface area contributed by atoms with Crippen LogP contribution < -0.4 is 0 Å². The van der Waals surface area contributed by atoms with Crippen molar-refractivity contribution in [1.29, 1.82) is 0 Å². The summed E-state index contributed by atoms with van der Waals surface area (Å²) in [4.78, 5) is 17.3. The first-order valence-corrected chi connectivity index (χ1v) is 10.6. The molecule has 0 radical (unpaired) electrons. The summed E-state index contributed by atoms with van der Waals surface area (Å²) < 4.78 is 5.82. The zero-order valence-corrected chi connectivity index (χ0v) is 17.6. The van der Waals surface area contributed by atoms with E-state index < -0.39 is 0 Å². The lowest BCUT2D eigenvalue weighted by molar-refractivity contribution is 0.0620. The predicted octanol–water partition coefficient (Wildman–Crippen LogP) is 4.50. The number of amides is 1. The average molecular weight is 433 g/mol. The molecule has 156 valence electrons. The fourth-order valence-corrected chi connectivity index (χ4v) is 4.04. The highest BCUT2D eigenvalue weighted by atomic mass is 35.5. The van der Waals surface area contributed by atoms with E-state index in [9.17, 15) is 4.79 Å². The van der Waals surface area contributed by atoms with Crippen LogP contribution in [0.25, 0.3) is 22.2 Å². The van der Waals surface area contributed by atoms with Gasteiger partial charge >= 0.3 is 0 Å². The van der Waals surface area contributed by atoms with Gasteiger partial charge in [-0.25, -0.2) is 0 Å². The predicted molar refractivity (Wildman–Crippen MR) is 120 cm³/mol. The molecule has 0 atom stereocenters. The Morgan fingerprint density at radius 1 is 0.903 bits per heavy atom. The topological polar surface area (TPSA) is 62.5 Å². The van der Waals surface area contributed by atoms with Crippen molar-refractivity contribution in [2.24, 2.45) is 0 Å². The number of nitrogens with zero attached hydrogens (tertiary/aromatic N) is 4. The summed E-state index contributed by atoms with van der Waals surface area (Å²) in [7, 11) is 0. The SMILES string of the molecule is O=C(c1cccc2ccccc12)N1CCN(Cc2nnc(-c3ccc(Cl)cc3)o2)CC1. The summed E-state index contributed by atoms with van der Waals surface area (Å²) in [6.45, 7) is 3.42. The maximum atomic E-state index is 13.1. The van der Waals surface area contributed by atoms with Crippen molar-refractivity contribution < 1.29 is 9.21 Å². The van der Waals surface area contributed by atoms with Crippen LogP contribution in [0.3, 0.4) is 0 Å². The fourth-order valence-electron chi connectivity index (χ4n) is 3.91. The molecule has 3 aromatic carbocycles. The molecule has 0 spiro atoms. The highest BCUT2D eigenvalue weighted by Gasteiger charge is 2.24. The number of fused-ring (bicyclic) bond motifs is 1. The monoisotopic (exact) mass is 432 g/mol. The fraction of sp³-hybridized carbons (Fsp3) is 0.208. The number of rotatable bonds is 4. The number of hydrogen-bond donors (Lipinski definition) is 0. The van der Waals surface area contributed by atoms with Gasteiger partial charge in [0.15, 0.2) is 0 Å². The van der Waals surface area contributed by atoms with Gasteiger partial charge in [0.1, 0.15) is 0 Å². The zero-order chi connectivity index (χ0) is 21.2. The van der Waals surface area contributed by atoms with Crippen molar-refractivity contribution in [3.63, 3.8) is 0 Å². The van der Waals surface area contributed by atoms with E-state index in [1.54, 1.807) is 12.1 Å². The molecule has 1 saturated heterocycles. The number of carbonyl (C=O) groups excluding carboxylic acids is 1. The van der Waals surface area contributed by atoms with E-state index in [1.165, 1.54) is 0 Å². The van der Waals surface area contributed by atoms with Gasteiger partial charge in [-0.2, -0.15) is 0 Å². The normalized spacial score (nSPS) is 14.8. The first-order chi connectivity index (χ1) is 15.2. The molecule has 1 amide bonds. The van der Waals surface area contributed by atoms with Crippen LogP contribution in [0, 0.1) is 0 Å². The Kier molecular flexibility index (Phi) is 5.40. The minimum Gasteiger partial charge on any atom is -0.419 e. The average Bonchev–Trinajstić information content (AvgIpc) is 3.27. The Balaban J connectivity index is 1.22. The van der Waals surface area contributed by atoms with E-state index in [0.29, 0.717) is 36.4 Å². The molecular weight excluding hydrogens is 412 g/mol. The first-order valence-electron chi connectivity index (χ1n) is 10.2. The molecule has 0 saturated carbocycles. The smallest absolute Gasteiger partial charge is 0.254 e. The second kappa shape index (κ2) is 8.49. The first kappa shape index (κ1) is 19.7. The van der Waals surface area contributed by atoms with Crippen LogP contribution in [0.15, 0.2) is 71.1 Å². The van der Waals surface area contributed by atoms with Gasteiger partial charge in [-0.15, -0.1) is 10.2 Å². The van der Waals surface area contributed by atoms with E-state index in [1.807, 2.05) is 59.5 Å². The van der Waals surface area contributed by atoms with Gasteiger partial charge in [0.2, 0.25) is 11.8 Å². The van der Waals surface area contributed by atoms with Crippen LogP contribution in [0.5, 0.6) is 0 Å². The third-order valence-electron chi connectivity index (χ3n) is 5.60. The molecule has 0 bridgehead atoms. The van der Waals surface area contributed by atoms with Crippen molar-refractivity contribution in [1.82, 2.24) is 20.0 Å². The second-order valence-corrected chi connectivity index (χ2v) is 8.04. The van der Waals surface area contributed by atoms with E-state index in [-0.39, 0.29) is 5.91 Å². The lowest BCUT2D eigenvalue weighted by Crippen LogP contribution is -2.48. The molecule has 0 N–H and O–H groups in total. The molecule has 31 heavy (non-hydrogen) atoms. The quantitative estimate of drug-likeness (QED) is 0.475. The molecule has 2 heterocycles. The molecule has 1 aromatic heterocycles. The van der Waals surface area contributed by atoms with Gasteiger partial charge in [0, 0.05) is 42.3 Å². The molecule has 1 aliphatic rings. The highest BCUT2D eigenvalue weighted by molar-refractivity contribution is 6.30. The van der Waals surface area contributed by atoms with Gasteiger partial charge in [-0.1, -0.05) is 48.0 Å². The number of aromatic nitrogens is 2. The molecule has 6 nitrogen and oxygen atoms in total. The Morgan fingerprint density at radius 2 is 1.65 bits per heavy atom. The summed E-state index contributed by atoms with van der Waals surface area (Å²) in [5.74, 6) is 1.13. The summed E-state index contributed by atoms with van der Waals surface area (Å²) in [6, 6.07) is 21.2. The molecular formula is C24H21ClN4O2. The van der Waals surface area contributed by atoms with Crippen LogP contribution in [0.4, 0.5) is 0 Å². The van der Waals surface area contributed by atoms with Crippen molar-refractivity contribution in [3.8, 4) is 11.5 Å². The van der Waals surface area contributed by atoms with Gasteiger partial charge < -0.3 is 9.32 Å². The molecule has 1 fully saturated rings.